The van der Waals surface area contributed by atoms with E-state index in [0.717, 1.165) is 11.3 Å². The van der Waals surface area contributed by atoms with Gasteiger partial charge in [-0.1, -0.05) is 28.9 Å². The molecule has 3 rings (SSSR count). The molecule has 0 radical (unpaired) electrons. The first-order valence-electron chi connectivity index (χ1n) is 8.52. The van der Waals surface area contributed by atoms with Gasteiger partial charge >= 0.3 is 0 Å². The lowest BCUT2D eigenvalue weighted by Crippen LogP contribution is -2.37. The summed E-state index contributed by atoms with van der Waals surface area (Å²) in [6, 6.07) is 6.76. The number of anilines is 3. The number of benzene rings is 1. The van der Waals surface area contributed by atoms with Gasteiger partial charge in [0.2, 0.25) is 0 Å². The van der Waals surface area contributed by atoms with Crippen LogP contribution in [-0.2, 0) is 0 Å². The molecule has 0 aliphatic carbocycles. The fraction of sp³-hybridized carbons (Fsp3) is 0.211. The molecule has 2 aromatic carbocycles. The first-order valence-corrected chi connectivity index (χ1v) is 10.2. The Balaban J connectivity index is 1.94. The summed E-state index contributed by atoms with van der Waals surface area (Å²) in [6.45, 7) is 1.98. The van der Waals surface area contributed by atoms with Crippen LogP contribution in [0.1, 0.15) is 34.6 Å². The first kappa shape index (κ1) is 20.1. The molecular formula is C19H18BrN3O4S. The average molecular weight is 464 g/mol. The summed E-state index contributed by atoms with van der Waals surface area (Å²) in [5.41, 5.74) is -0.866. The minimum Gasteiger partial charge on any atom is -0.505 e. The van der Waals surface area contributed by atoms with Gasteiger partial charge < -0.3 is 21.1 Å². The van der Waals surface area contributed by atoms with Crippen LogP contribution in [-0.4, -0.2) is 18.1 Å². The predicted octanol–water partition coefficient (Wildman–Crippen LogP) is 3.48. The molecule has 0 spiro atoms. The molecule has 0 fully saturated rings. The van der Waals surface area contributed by atoms with Crippen molar-refractivity contribution in [1.29, 1.82) is 0 Å². The number of carbonyl (C=O) groups excluding carboxylic acids is 1. The number of hydrogen-bond donors (Lipinski definition) is 4. The quantitative estimate of drug-likeness (QED) is 0.315. The Kier molecular flexibility index (Phi) is 5.85. The van der Waals surface area contributed by atoms with E-state index in [-0.39, 0.29) is 34.4 Å². The van der Waals surface area contributed by atoms with Gasteiger partial charge in [-0.25, -0.2) is 0 Å². The number of phenols is 1. The van der Waals surface area contributed by atoms with Crippen LogP contribution in [0.3, 0.4) is 0 Å². The van der Waals surface area contributed by atoms with Crippen LogP contribution in [0.25, 0.3) is 0 Å². The molecule has 0 saturated heterocycles. The van der Waals surface area contributed by atoms with Gasteiger partial charge in [-0.05, 0) is 30.0 Å². The van der Waals surface area contributed by atoms with Crippen molar-refractivity contribution in [3.63, 3.8) is 0 Å². The molecule has 0 unspecified atom stereocenters. The Hall–Kier alpha value is -2.65. The van der Waals surface area contributed by atoms with Gasteiger partial charge in [-0.3, -0.25) is 14.4 Å². The van der Waals surface area contributed by atoms with Crippen LogP contribution in [0.4, 0.5) is 17.1 Å². The Morgan fingerprint density at radius 1 is 1.25 bits per heavy atom. The van der Waals surface area contributed by atoms with Gasteiger partial charge in [0.1, 0.15) is 11.4 Å². The van der Waals surface area contributed by atoms with E-state index in [1.165, 1.54) is 19.2 Å². The van der Waals surface area contributed by atoms with Crippen molar-refractivity contribution in [1.82, 2.24) is 5.32 Å². The van der Waals surface area contributed by atoms with E-state index in [9.17, 15) is 19.5 Å². The summed E-state index contributed by atoms with van der Waals surface area (Å²) < 4.78 is 0.532. The second-order valence-corrected chi connectivity index (χ2v) is 7.98. The Bertz CT molecular complexity index is 1090. The zero-order valence-electron chi connectivity index (χ0n) is 15.1. The molecule has 7 nitrogen and oxygen atoms in total. The van der Waals surface area contributed by atoms with Crippen molar-refractivity contribution in [3.8, 4) is 5.75 Å². The highest BCUT2D eigenvalue weighted by Gasteiger charge is 2.25. The van der Waals surface area contributed by atoms with Gasteiger partial charge in [-0.2, -0.15) is 0 Å². The fourth-order valence-electron chi connectivity index (χ4n) is 2.82. The molecule has 4 N–H and O–H groups in total. The van der Waals surface area contributed by atoms with E-state index < -0.39 is 16.8 Å². The molecule has 1 atom stereocenters. The molecule has 1 heterocycles. The SMILES string of the molecule is CC[C@@H](Nc1c(Nc2cc(Br)cc(C(=O)NC)c2O)c(=O)c1=O)c1cccs1. The van der Waals surface area contributed by atoms with Gasteiger partial charge in [0.05, 0.1) is 17.3 Å². The number of nitrogens with one attached hydrogen (secondary N) is 3. The third kappa shape index (κ3) is 3.67. The molecule has 1 amide bonds. The summed E-state index contributed by atoms with van der Waals surface area (Å²) in [7, 11) is 1.45. The molecule has 1 aromatic heterocycles. The normalized spacial score (nSPS) is 12.0. The number of halogens is 1. The predicted molar refractivity (Wildman–Crippen MR) is 115 cm³/mol. The summed E-state index contributed by atoms with van der Waals surface area (Å²) in [4.78, 5) is 37.2. The van der Waals surface area contributed by atoms with Crippen molar-refractivity contribution in [2.75, 3.05) is 17.7 Å². The number of phenolic OH excluding ortho intramolecular Hbond substituents is 1. The standard InChI is InChI=1S/C19H18BrN3O4S/c1-3-11(13-5-4-6-28-13)22-14-15(18(26)17(14)25)23-12-8-9(20)7-10(16(12)24)19(27)21-2/h4-8,11,22-24H,3H2,1-2H3,(H,21,27)/t11-/m1/s1. The minimum atomic E-state index is -0.676. The Morgan fingerprint density at radius 2 is 1.96 bits per heavy atom. The van der Waals surface area contributed by atoms with E-state index in [0.29, 0.717) is 4.47 Å². The largest absolute Gasteiger partial charge is 0.505 e. The third-order valence-corrected chi connectivity index (χ3v) is 5.77. The number of amides is 1. The maximum absolute atomic E-state index is 12.1. The van der Waals surface area contributed by atoms with Gasteiger partial charge in [-0.15, -0.1) is 11.3 Å². The molecule has 28 heavy (non-hydrogen) atoms. The lowest BCUT2D eigenvalue weighted by molar-refractivity contribution is 0.0960. The summed E-state index contributed by atoms with van der Waals surface area (Å²) in [5, 5.41) is 20.7. The van der Waals surface area contributed by atoms with Crippen molar-refractivity contribution in [3.05, 3.63) is 65.0 Å². The highest BCUT2D eigenvalue weighted by atomic mass is 79.9. The summed E-state index contributed by atoms with van der Waals surface area (Å²) in [5.74, 6) is -0.791. The van der Waals surface area contributed by atoms with Crippen molar-refractivity contribution in [2.24, 2.45) is 0 Å². The van der Waals surface area contributed by atoms with Crippen molar-refractivity contribution >= 4 is 50.2 Å². The number of thiophene rings is 1. The smallest absolute Gasteiger partial charge is 0.254 e. The number of hydrogen-bond acceptors (Lipinski definition) is 7. The number of aromatic hydroxyl groups is 1. The van der Waals surface area contributed by atoms with E-state index in [1.54, 1.807) is 11.3 Å². The highest BCUT2D eigenvalue weighted by Crippen LogP contribution is 2.35. The van der Waals surface area contributed by atoms with Crippen molar-refractivity contribution < 1.29 is 9.90 Å². The number of carbonyl (C=O) groups is 1. The second kappa shape index (κ2) is 8.15. The zero-order chi connectivity index (χ0) is 20.4. The second-order valence-electron chi connectivity index (χ2n) is 6.08. The molecule has 146 valence electrons. The fourth-order valence-corrected chi connectivity index (χ4v) is 4.14. The first-order chi connectivity index (χ1) is 13.4. The maximum atomic E-state index is 12.1. The molecule has 0 saturated carbocycles. The van der Waals surface area contributed by atoms with Gasteiger partial charge in [0.25, 0.3) is 16.8 Å². The van der Waals surface area contributed by atoms with E-state index >= 15 is 0 Å². The van der Waals surface area contributed by atoms with Crippen LogP contribution in [0.15, 0.2) is 43.7 Å². The maximum Gasteiger partial charge on any atom is 0.254 e. The highest BCUT2D eigenvalue weighted by molar-refractivity contribution is 9.10. The Labute approximate surface area is 173 Å². The van der Waals surface area contributed by atoms with Crippen LogP contribution < -0.4 is 26.8 Å². The van der Waals surface area contributed by atoms with E-state index in [2.05, 4.69) is 31.9 Å². The van der Waals surface area contributed by atoms with Gasteiger partial charge in [0.15, 0.2) is 5.75 Å². The summed E-state index contributed by atoms with van der Waals surface area (Å²) in [6.07, 6.45) is 0.724. The third-order valence-electron chi connectivity index (χ3n) is 4.33. The molecule has 3 aromatic rings. The molecular weight excluding hydrogens is 446 g/mol. The van der Waals surface area contributed by atoms with Gasteiger partial charge in [0, 0.05) is 16.4 Å². The number of rotatable bonds is 7. The van der Waals surface area contributed by atoms with E-state index in [1.807, 2.05) is 24.4 Å². The van der Waals surface area contributed by atoms with Crippen LogP contribution >= 0.6 is 27.3 Å². The Morgan fingerprint density at radius 3 is 2.57 bits per heavy atom. The molecule has 0 bridgehead atoms. The summed E-state index contributed by atoms with van der Waals surface area (Å²) >= 11 is 4.84. The zero-order valence-corrected chi connectivity index (χ0v) is 17.5. The topological polar surface area (TPSA) is 108 Å². The average Bonchev–Trinajstić information content (AvgIpc) is 3.23. The monoisotopic (exact) mass is 463 g/mol. The lowest BCUT2D eigenvalue weighted by atomic mass is 10.1. The van der Waals surface area contributed by atoms with Crippen LogP contribution in [0.5, 0.6) is 5.75 Å². The van der Waals surface area contributed by atoms with Crippen LogP contribution in [0, 0.1) is 0 Å². The van der Waals surface area contributed by atoms with Crippen LogP contribution in [0.2, 0.25) is 0 Å². The lowest BCUT2D eigenvalue weighted by Gasteiger charge is -2.21. The molecule has 0 aliphatic rings. The van der Waals surface area contributed by atoms with E-state index in [4.69, 9.17) is 0 Å². The molecule has 9 heteroatoms. The molecule has 0 aliphatic heterocycles. The van der Waals surface area contributed by atoms with Crippen molar-refractivity contribution in [2.45, 2.75) is 19.4 Å². The minimum absolute atomic E-state index is 0.0394.